The van der Waals surface area contributed by atoms with Gasteiger partial charge in [0.2, 0.25) is 0 Å². The molecule has 0 aliphatic carbocycles. The van der Waals surface area contributed by atoms with Crippen LogP contribution in [-0.2, 0) is 0 Å². The molecule has 1 aromatic carbocycles. The van der Waals surface area contributed by atoms with Gasteiger partial charge in [-0.15, -0.1) is 10.2 Å². The van der Waals surface area contributed by atoms with Gasteiger partial charge in [-0.2, -0.15) is 0 Å². The van der Waals surface area contributed by atoms with E-state index in [1.165, 1.54) is 0 Å². The SMILES string of the molecule is CNc1nnc(-c2ccccn2)c2ccccc12. The molecular formula is C14H12N4. The molecule has 0 radical (unpaired) electrons. The second-order valence-corrected chi connectivity index (χ2v) is 3.91. The highest BCUT2D eigenvalue weighted by Crippen LogP contribution is 2.27. The molecule has 4 nitrogen and oxygen atoms in total. The summed E-state index contributed by atoms with van der Waals surface area (Å²) in [4.78, 5) is 4.33. The monoisotopic (exact) mass is 236 g/mol. The number of aromatic nitrogens is 3. The topological polar surface area (TPSA) is 50.7 Å². The number of rotatable bonds is 2. The quantitative estimate of drug-likeness (QED) is 0.743. The first-order chi connectivity index (χ1) is 8.90. The maximum Gasteiger partial charge on any atom is 0.156 e. The Labute approximate surface area is 105 Å². The summed E-state index contributed by atoms with van der Waals surface area (Å²) in [6.07, 6.45) is 1.76. The molecule has 2 aromatic heterocycles. The number of hydrogen-bond acceptors (Lipinski definition) is 4. The molecule has 1 N–H and O–H groups in total. The minimum atomic E-state index is 0.783. The zero-order valence-electron chi connectivity index (χ0n) is 9.96. The maximum atomic E-state index is 4.33. The standard InChI is InChI=1S/C14H12N4/c1-15-14-11-7-3-2-6-10(11)13(17-18-14)12-8-4-5-9-16-12/h2-9H,1H3,(H,15,18). The fourth-order valence-electron chi connectivity index (χ4n) is 1.98. The Bertz CT molecular complexity index is 680. The van der Waals surface area contributed by atoms with Crippen LogP contribution in [0.1, 0.15) is 0 Å². The van der Waals surface area contributed by atoms with E-state index in [-0.39, 0.29) is 0 Å². The van der Waals surface area contributed by atoms with Gasteiger partial charge in [0.05, 0.1) is 5.69 Å². The summed E-state index contributed by atoms with van der Waals surface area (Å²) >= 11 is 0. The van der Waals surface area contributed by atoms with E-state index < -0.39 is 0 Å². The summed E-state index contributed by atoms with van der Waals surface area (Å²) in [5, 5.41) is 13.6. The fourth-order valence-corrected chi connectivity index (χ4v) is 1.98. The van der Waals surface area contributed by atoms with Crippen molar-refractivity contribution in [1.82, 2.24) is 15.2 Å². The van der Waals surface area contributed by atoms with E-state index in [9.17, 15) is 0 Å². The van der Waals surface area contributed by atoms with Gasteiger partial charge in [0, 0.05) is 24.0 Å². The summed E-state index contributed by atoms with van der Waals surface area (Å²) in [5.74, 6) is 0.783. The van der Waals surface area contributed by atoms with Crippen molar-refractivity contribution >= 4 is 16.6 Å². The average Bonchev–Trinajstić information content (AvgIpc) is 2.47. The molecule has 0 spiro atoms. The Hall–Kier alpha value is -2.49. The van der Waals surface area contributed by atoms with E-state index in [1.54, 1.807) is 6.20 Å². The van der Waals surface area contributed by atoms with E-state index in [2.05, 4.69) is 20.5 Å². The van der Waals surface area contributed by atoms with Crippen LogP contribution in [0.15, 0.2) is 48.7 Å². The molecule has 0 aliphatic heterocycles. The van der Waals surface area contributed by atoms with Crippen LogP contribution >= 0.6 is 0 Å². The van der Waals surface area contributed by atoms with Gasteiger partial charge in [-0.25, -0.2) is 0 Å². The van der Waals surface area contributed by atoms with E-state index >= 15 is 0 Å². The third-order valence-electron chi connectivity index (χ3n) is 2.83. The van der Waals surface area contributed by atoms with Gasteiger partial charge in [0.15, 0.2) is 5.82 Å². The van der Waals surface area contributed by atoms with Crippen LogP contribution in [0.4, 0.5) is 5.82 Å². The van der Waals surface area contributed by atoms with Crippen molar-refractivity contribution in [2.24, 2.45) is 0 Å². The van der Waals surface area contributed by atoms with Crippen LogP contribution in [0.5, 0.6) is 0 Å². The molecule has 0 amide bonds. The number of benzene rings is 1. The number of anilines is 1. The van der Waals surface area contributed by atoms with Crippen molar-refractivity contribution in [2.75, 3.05) is 12.4 Å². The number of nitrogens with zero attached hydrogens (tertiary/aromatic N) is 3. The minimum Gasteiger partial charge on any atom is -0.371 e. The van der Waals surface area contributed by atoms with Crippen LogP contribution in [0.3, 0.4) is 0 Å². The third kappa shape index (κ3) is 1.68. The highest BCUT2D eigenvalue weighted by molar-refractivity contribution is 5.99. The Morgan fingerprint density at radius 3 is 2.39 bits per heavy atom. The largest absolute Gasteiger partial charge is 0.371 e. The lowest BCUT2D eigenvalue weighted by Gasteiger charge is -2.07. The number of pyridine rings is 1. The van der Waals surface area contributed by atoms with Gasteiger partial charge in [-0.3, -0.25) is 4.98 Å². The van der Waals surface area contributed by atoms with Crippen LogP contribution < -0.4 is 5.32 Å². The van der Waals surface area contributed by atoms with Gasteiger partial charge in [0.1, 0.15) is 5.69 Å². The first-order valence-corrected chi connectivity index (χ1v) is 5.75. The zero-order chi connectivity index (χ0) is 12.4. The van der Waals surface area contributed by atoms with E-state index in [4.69, 9.17) is 0 Å². The van der Waals surface area contributed by atoms with E-state index in [0.29, 0.717) is 0 Å². The Kier molecular flexibility index (Phi) is 2.61. The number of hydrogen-bond donors (Lipinski definition) is 1. The predicted molar refractivity (Wildman–Crippen MR) is 72.3 cm³/mol. The summed E-state index contributed by atoms with van der Waals surface area (Å²) < 4.78 is 0. The fraction of sp³-hybridized carbons (Fsp3) is 0.0714. The van der Waals surface area contributed by atoms with Gasteiger partial charge in [-0.05, 0) is 12.1 Å². The molecule has 0 saturated heterocycles. The first-order valence-electron chi connectivity index (χ1n) is 5.75. The molecule has 3 rings (SSSR count). The highest BCUT2D eigenvalue weighted by Gasteiger charge is 2.09. The van der Waals surface area contributed by atoms with Crippen molar-refractivity contribution < 1.29 is 0 Å². The average molecular weight is 236 g/mol. The number of nitrogens with one attached hydrogen (secondary N) is 1. The second kappa shape index (κ2) is 4.41. The molecule has 0 unspecified atom stereocenters. The third-order valence-corrected chi connectivity index (χ3v) is 2.83. The second-order valence-electron chi connectivity index (χ2n) is 3.91. The van der Waals surface area contributed by atoms with Crippen molar-refractivity contribution in [2.45, 2.75) is 0 Å². The van der Waals surface area contributed by atoms with Crippen molar-refractivity contribution in [3.8, 4) is 11.4 Å². The molecule has 2 heterocycles. The molecule has 3 aromatic rings. The highest BCUT2D eigenvalue weighted by atomic mass is 15.2. The van der Waals surface area contributed by atoms with Crippen LogP contribution in [0, 0.1) is 0 Å². The van der Waals surface area contributed by atoms with Gasteiger partial charge in [0.25, 0.3) is 0 Å². The van der Waals surface area contributed by atoms with E-state index in [1.807, 2.05) is 49.5 Å². The van der Waals surface area contributed by atoms with Gasteiger partial charge >= 0.3 is 0 Å². The van der Waals surface area contributed by atoms with Gasteiger partial charge in [-0.1, -0.05) is 30.3 Å². The van der Waals surface area contributed by atoms with Crippen molar-refractivity contribution in [1.29, 1.82) is 0 Å². The minimum absolute atomic E-state index is 0.783. The molecular weight excluding hydrogens is 224 g/mol. The molecule has 88 valence electrons. The van der Waals surface area contributed by atoms with Crippen LogP contribution in [0.2, 0.25) is 0 Å². The molecule has 0 atom stereocenters. The first kappa shape index (κ1) is 10.7. The molecule has 0 bridgehead atoms. The normalized spacial score (nSPS) is 10.5. The molecule has 0 saturated carbocycles. The molecule has 18 heavy (non-hydrogen) atoms. The summed E-state index contributed by atoms with van der Waals surface area (Å²) in [7, 11) is 1.84. The Balaban J connectivity index is 2.32. The lowest BCUT2D eigenvalue weighted by atomic mass is 10.1. The molecule has 4 heteroatoms. The Morgan fingerprint density at radius 2 is 1.67 bits per heavy atom. The van der Waals surface area contributed by atoms with Crippen molar-refractivity contribution in [3.63, 3.8) is 0 Å². The molecule has 0 fully saturated rings. The summed E-state index contributed by atoms with van der Waals surface area (Å²) in [6.45, 7) is 0. The van der Waals surface area contributed by atoms with Crippen LogP contribution in [-0.4, -0.2) is 22.2 Å². The zero-order valence-corrected chi connectivity index (χ0v) is 9.96. The lowest BCUT2D eigenvalue weighted by molar-refractivity contribution is 1.05. The maximum absolute atomic E-state index is 4.33. The lowest BCUT2D eigenvalue weighted by Crippen LogP contribution is -1.99. The number of fused-ring (bicyclic) bond motifs is 1. The predicted octanol–water partition coefficient (Wildman–Crippen LogP) is 2.73. The summed E-state index contributed by atoms with van der Waals surface area (Å²) in [5.41, 5.74) is 1.65. The summed E-state index contributed by atoms with van der Waals surface area (Å²) in [6, 6.07) is 13.8. The Morgan fingerprint density at radius 1 is 0.889 bits per heavy atom. The van der Waals surface area contributed by atoms with E-state index in [0.717, 1.165) is 28.0 Å². The van der Waals surface area contributed by atoms with Gasteiger partial charge < -0.3 is 5.32 Å². The smallest absolute Gasteiger partial charge is 0.156 e. The van der Waals surface area contributed by atoms with Crippen LogP contribution in [0.25, 0.3) is 22.2 Å². The molecule has 0 aliphatic rings. The van der Waals surface area contributed by atoms with Crippen molar-refractivity contribution in [3.05, 3.63) is 48.7 Å².